The fourth-order valence-electron chi connectivity index (χ4n) is 2.80. The van der Waals surface area contributed by atoms with E-state index in [4.69, 9.17) is 9.47 Å². The Balaban J connectivity index is 1.61. The predicted molar refractivity (Wildman–Crippen MR) is 112 cm³/mol. The minimum Gasteiger partial charge on any atom is -0.497 e. The van der Waals surface area contributed by atoms with Crippen molar-refractivity contribution in [2.75, 3.05) is 24.9 Å². The second-order valence-corrected chi connectivity index (χ2v) is 6.12. The Labute approximate surface area is 167 Å². The number of aromatic nitrogens is 4. The van der Waals surface area contributed by atoms with Crippen LogP contribution in [0.1, 0.15) is 0 Å². The molecule has 4 aromatic rings. The van der Waals surface area contributed by atoms with Crippen molar-refractivity contribution < 1.29 is 9.47 Å². The van der Waals surface area contributed by atoms with E-state index in [0.717, 1.165) is 16.9 Å². The van der Waals surface area contributed by atoms with Crippen LogP contribution in [0.25, 0.3) is 11.4 Å². The smallest absolute Gasteiger partial charge is 0.246 e. The van der Waals surface area contributed by atoms with Crippen LogP contribution in [0.2, 0.25) is 0 Å². The molecule has 0 amide bonds. The van der Waals surface area contributed by atoms with Gasteiger partial charge in [0.1, 0.15) is 17.3 Å². The Kier molecular flexibility index (Phi) is 5.24. The second kappa shape index (κ2) is 8.30. The number of methoxy groups -OCH3 is 2. The molecular formula is C21H20N6O2. The van der Waals surface area contributed by atoms with E-state index >= 15 is 0 Å². The zero-order chi connectivity index (χ0) is 20.1. The van der Waals surface area contributed by atoms with Crippen molar-refractivity contribution in [3.8, 4) is 22.9 Å². The molecule has 2 aromatic carbocycles. The molecule has 0 saturated heterocycles. The number of anilines is 4. The Morgan fingerprint density at radius 2 is 1.59 bits per heavy atom. The minimum absolute atomic E-state index is 0.476. The normalized spacial score (nSPS) is 10.4. The number of H-pyrrole nitrogens is 1. The zero-order valence-corrected chi connectivity index (χ0v) is 16.0. The minimum atomic E-state index is 0.476. The highest BCUT2D eigenvalue weighted by atomic mass is 16.5. The van der Waals surface area contributed by atoms with Crippen LogP contribution in [0.3, 0.4) is 0 Å². The third kappa shape index (κ3) is 4.27. The number of hydrogen-bond donors (Lipinski definition) is 3. The highest BCUT2D eigenvalue weighted by Crippen LogP contribution is 2.31. The molecule has 2 heterocycles. The number of benzene rings is 2. The fraction of sp³-hybridized carbons (Fsp3) is 0.0952. The molecule has 0 aliphatic carbocycles. The van der Waals surface area contributed by atoms with Crippen LogP contribution in [0.4, 0.5) is 23.1 Å². The van der Waals surface area contributed by atoms with Crippen molar-refractivity contribution in [1.29, 1.82) is 0 Å². The average molecular weight is 388 g/mol. The summed E-state index contributed by atoms with van der Waals surface area (Å²) in [6, 6.07) is 19.0. The van der Waals surface area contributed by atoms with Crippen LogP contribution in [0, 0.1) is 0 Å². The van der Waals surface area contributed by atoms with Gasteiger partial charge in [-0.25, -0.2) is 4.98 Å². The highest BCUT2D eigenvalue weighted by Gasteiger charge is 2.12. The summed E-state index contributed by atoms with van der Waals surface area (Å²) in [7, 11) is 3.22. The van der Waals surface area contributed by atoms with E-state index < -0.39 is 0 Å². The van der Waals surface area contributed by atoms with Gasteiger partial charge in [-0.2, -0.15) is 4.98 Å². The predicted octanol–water partition coefficient (Wildman–Crippen LogP) is 4.37. The SMILES string of the molecule is COc1cc(Nc2ncccc2-c2nc(Nc3ccccc3)n[nH]2)cc(OC)c1. The zero-order valence-electron chi connectivity index (χ0n) is 16.0. The molecule has 0 aliphatic heterocycles. The molecule has 2 aromatic heterocycles. The van der Waals surface area contributed by atoms with Gasteiger partial charge in [-0.15, -0.1) is 5.10 Å². The van der Waals surface area contributed by atoms with Crippen LogP contribution >= 0.6 is 0 Å². The van der Waals surface area contributed by atoms with E-state index in [2.05, 4.69) is 30.8 Å². The number of pyridine rings is 1. The molecule has 3 N–H and O–H groups in total. The summed E-state index contributed by atoms with van der Waals surface area (Å²) in [5, 5.41) is 13.7. The topological polar surface area (TPSA) is 97.0 Å². The lowest BCUT2D eigenvalue weighted by molar-refractivity contribution is 0.395. The molecule has 0 aliphatic rings. The van der Waals surface area contributed by atoms with Crippen molar-refractivity contribution >= 4 is 23.1 Å². The maximum absolute atomic E-state index is 5.33. The average Bonchev–Trinajstić information content (AvgIpc) is 3.22. The number of hydrogen-bond acceptors (Lipinski definition) is 7. The summed E-state index contributed by atoms with van der Waals surface area (Å²) in [6.07, 6.45) is 1.71. The van der Waals surface area contributed by atoms with E-state index in [-0.39, 0.29) is 0 Å². The first-order chi connectivity index (χ1) is 14.2. The van der Waals surface area contributed by atoms with Crippen LogP contribution < -0.4 is 20.1 Å². The first-order valence-electron chi connectivity index (χ1n) is 8.95. The van der Waals surface area contributed by atoms with E-state index in [1.54, 1.807) is 20.4 Å². The van der Waals surface area contributed by atoms with Crippen LogP contribution in [-0.2, 0) is 0 Å². The molecule has 146 valence electrons. The first-order valence-corrected chi connectivity index (χ1v) is 8.95. The fourth-order valence-corrected chi connectivity index (χ4v) is 2.80. The summed E-state index contributed by atoms with van der Waals surface area (Å²) in [5.74, 6) is 3.06. The Morgan fingerprint density at radius 3 is 2.31 bits per heavy atom. The summed E-state index contributed by atoms with van der Waals surface area (Å²) in [4.78, 5) is 8.99. The van der Waals surface area contributed by atoms with Crippen molar-refractivity contribution in [3.05, 3.63) is 66.9 Å². The molecule has 4 rings (SSSR count). The van der Waals surface area contributed by atoms with Gasteiger partial charge in [0.25, 0.3) is 0 Å². The quantitative estimate of drug-likeness (QED) is 0.432. The lowest BCUT2D eigenvalue weighted by Gasteiger charge is -2.12. The molecule has 0 unspecified atom stereocenters. The lowest BCUT2D eigenvalue weighted by Crippen LogP contribution is -1.98. The molecular weight excluding hydrogens is 368 g/mol. The van der Waals surface area contributed by atoms with Gasteiger partial charge in [-0.1, -0.05) is 18.2 Å². The van der Waals surface area contributed by atoms with Crippen LogP contribution in [0.5, 0.6) is 11.5 Å². The van der Waals surface area contributed by atoms with Crippen molar-refractivity contribution in [1.82, 2.24) is 20.2 Å². The van der Waals surface area contributed by atoms with Gasteiger partial charge in [-0.3, -0.25) is 5.10 Å². The number of para-hydroxylation sites is 1. The molecule has 8 nitrogen and oxygen atoms in total. The number of nitrogens with zero attached hydrogens (tertiary/aromatic N) is 3. The summed E-state index contributed by atoms with van der Waals surface area (Å²) >= 11 is 0. The molecule has 0 bridgehead atoms. The van der Waals surface area contributed by atoms with Crippen molar-refractivity contribution in [2.24, 2.45) is 0 Å². The standard InChI is InChI=1S/C21H20N6O2/c1-28-16-11-15(12-17(13-16)29-2)23-19-18(9-6-10-22-19)20-25-21(27-26-20)24-14-7-4-3-5-8-14/h3-13H,1-2H3,(H,22,23)(H2,24,25,26,27). The Morgan fingerprint density at radius 1 is 0.828 bits per heavy atom. The van der Waals surface area contributed by atoms with Gasteiger partial charge in [0.2, 0.25) is 5.95 Å². The summed E-state index contributed by atoms with van der Waals surface area (Å²) in [6.45, 7) is 0. The number of aromatic amines is 1. The summed E-state index contributed by atoms with van der Waals surface area (Å²) < 4.78 is 10.7. The second-order valence-electron chi connectivity index (χ2n) is 6.12. The third-order valence-electron chi connectivity index (χ3n) is 4.19. The number of nitrogens with one attached hydrogen (secondary N) is 3. The van der Waals surface area contributed by atoms with Gasteiger partial charge in [-0.05, 0) is 24.3 Å². The van der Waals surface area contributed by atoms with Gasteiger partial charge >= 0.3 is 0 Å². The highest BCUT2D eigenvalue weighted by molar-refractivity contribution is 5.75. The largest absolute Gasteiger partial charge is 0.497 e. The van der Waals surface area contributed by atoms with E-state index in [9.17, 15) is 0 Å². The number of rotatable bonds is 7. The van der Waals surface area contributed by atoms with Gasteiger partial charge in [0, 0.05) is 35.8 Å². The van der Waals surface area contributed by atoms with Gasteiger partial charge in [0.05, 0.1) is 19.8 Å². The number of ether oxygens (including phenoxy) is 2. The Hall–Kier alpha value is -4.07. The van der Waals surface area contributed by atoms with Gasteiger partial charge < -0.3 is 20.1 Å². The van der Waals surface area contributed by atoms with E-state index in [1.165, 1.54) is 0 Å². The van der Waals surface area contributed by atoms with Gasteiger partial charge in [0.15, 0.2) is 5.82 Å². The monoisotopic (exact) mass is 388 g/mol. The maximum Gasteiger partial charge on any atom is 0.246 e. The Bertz CT molecular complexity index is 1080. The van der Waals surface area contributed by atoms with Crippen molar-refractivity contribution in [2.45, 2.75) is 0 Å². The lowest BCUT2D eigenvalue weighted by atomic mass is 10.2. The molecule has 8 heteroatoms. The third-order valence-corrected chi connectivity index (χ3v) is 4.19. The first kappa shape index (κ1) is 18.3. The molecule has 0 atom stereocenters. The molecule has 0 fully saturated rings. The molecule has 29 heavy (non-hydrogen) atoms. The van der Waals surface area contributed by atoms with Crippen molar-refractivity contribution in [3.63, 3.8) is 0 Å². The van der Waals surface area contributed by atoms with E-state index in [1.807, 2.05) is 60.7 Å². The van der Waals surface area contributed by atoms with Crippen LogP contribution in [0.15, 0.2) is 66.9 Å². The van der Waals surface area contributed by atoms with E-state index in [0.29, 0.717) is 29.1 Å². The maximum atomic E-state index is 5.33. The van der Waals surface area contributed by atoms with Crippen LogP contribution in [-0.4, -0.2) is 34.4 Å². The molecule has 0 saturated carbocycles. The summed E-state index contributed by atoms with van der Waals surface area (Å²) in [5.41, 5.74) is 2.47. The molecule has 0 radical (unpaired) electrons. The molecule has 0 spiro atoms.